The van der Waals surface area contributed by atoms with E-state index in [4.69, 9.17) is 4.74 Å². The average Bonchev–Trinajstić information content (AvgIpc) is 2.86. The minimum absolute atomic E-state index is 0.141. The van der Waals surface area contributed by atoms with Crippen LogP contribution in [-0.2, 0) is 7.05 Å². The number of hydrogen-bond donors (Lipinski definition) is 0. The monoisotopic (exact) mass is 351 g/mol. The highest BCUT2D eigenvalue weighted by Gasteiger charge is 2.36. The van der Waals surface area contributed by atoms with E-state index in [1.54, 1.807) is 11.9 Å². The molecule has 2 aliphatic rings. The molecule has 1 amide bonds. The van der Waals surface area contributed by atoms with E-state index in [0.29, 0.717) is 18.8 Å². The van der Waals surface area contributed by atoms with Gasteiger partial charge in [-0.05, 0) is 31.1 Å². The van der Waals surface area contributed by atoms with Crippen molar-refractivity contribution in [2.24, 2.45) is 7.05 Å². The van der Waals surface area contributed by atoms with Crippen LogP contribution in [0, 0.1) is 0 Å². The molecular formula is C20H21N3O3. The van der Waals surface area contributed by atoms with Gasteiger partial charge in [0.1, 0.15) is 17.0 Å². The van der Waals surface area contributed by atoms with Crippen LogP contribution in [0.3, 0.4) is 0 Å². The fourth-order valence-electron chi connectivity index (χ4n) is 3.59. The third-order valence-electron chi connectivity index (χ3n) is 5.10. The average molecular weight is 351 g/mol. The van der Waals surface area contributed by atoms with Crippen LogP contribution < -0.4 is 10.3 Å². The van der Waals surface area contributed by atoms with Crippen molar-refractivity contribution in [2.45, 2.75) is 24.9 Å². The summed E-state index contributed by atoms with van der Waals surface area (Å²) < 4.78 is 7.51. The summed E-state index contributed by atoms with van der Waals surface area (Å²) in [5.41, 5.74) is 0.800. The molecule has 134 valence electrons. The Morgan fingerprint density at radius 1 is 1.15 bits per heavy atom. The van der Waals surface area contributed by atoms with E-state index in [0.717, 1.165) is 30.6 Å². The Hall–Kier alpha value is -2.89. The van der Waals surface area contributed by atoms with E-state index in [9.17, 15) is 9.59 Å². The molecule has 0 aliphatic carbocycles. The maximum Gasteiger partial charge on any atom is 0.274 e. The number of carbonyl (C=O) groups is 1. The van der Waals surface area contributed by atoms with Crippen molar-refractivity contribution in [3.8, 4) is 5.75 Å². The summed E-state index contributed by atoms with van der Waals surface area (Å²) in [6, 6.07) is 10.9. The quantitative estimate of drug-likeness (QED) is 0.790. The first-order valence-corrected chi connectivity index (χ1v) is 8.87. The fourth-order valence-corrected chi connectivity index (χ4v) is 3.59. The Balaban J connectivity index is 1.51. The second-order valence-electron chi connectivity index (χ2n) is 6.86. The highest BCUT2D eigenvalue weighted by Crippen LogP contribution is 2.37. The van der Waals surface area contributed by atoms with E-state index in [1.165, 1.54) is 16.8 Å². The van der Waals surface area contributed by atoms with Gasteiger partial charge in [0.05, 0.1) is 0 Å². The molecule has 0 N–H and O–H groups in total. The van der Waals surface area contributed by atoms with Crippen molar-refractivity contribution < 1.29 is 9.53 Å². The normalized spacial score (nSPS) is 21.8. The topological polar surface area (TPSA) is 64.4 Å². The summed E-state index contributed by atoms with van der Waals surface area (Å²) in [5.74, 6) is 0.757. The maximum absolute atomic E-state index is 12.8. The lowest BCUT2D eigenvalue weighted by Crippen LogP contribution is -2.38. The highest BCUT2D eigenvalue weighted by atomic mass is 16.5. The van der Waals surface area contributed by atoms with Crippen LogP contribution in [0.25, 0.3) is 6.08 Å². The van der Waals surface area contributed by atoms with Gasteiger partial charge in [-0.2, -0.15) is 5.10 Å². The predicted octanol–water partition coefficient (Wildman–Crippen LogP) is 2.25. The molecule has 1 aromatic carbocycles. The van der Waals surface area contributed by atoms with Gasteiger partial charge in [-0.25, -0.2) is 4.68 Å². The first-order chi connectivity index (χ1) is 12.6. The van der Waals surface area contributed by atoms with Crippen molar-refractivity contribution in [3.63, 3.8) is 0 Å². The van der Waals surface area contributed by atoms with Crippen LogP contribution in [0.1, 0.15) is 35.3 Å². The standard InChI is InChI=1S/C20H21N3O3/c1-22-18(24)8-7-16(21-22)19(25)23-13-4-10-20(12-14-23)11-9-15-5-2-3-6-17(15)26-20/h2-3,5-9,11H,4,10,12-14H2,1H3/t20-/m1/s1. The molecule has 2 aromatic rings. The number of rotatable bonds is 1. The zero-order valence-electron chi connectivity index (χ0n) is 14.7. The van der Waals surface area contributed by atoms with Crippen LogP contribution in [0.15, 0.2) is 47.3 Å². The van der Waals surface area contributed by atoms with Crippen molar-refractivity contribution in [3.05, 3.63) is 64.1 Å². The summed E-state index contributed by atoms with van der Waals surface area (Å²) in [7, 11) is 1.55. The molecular weight excluding hydrogens is 330 g/mol. The molecule has 26 heavy (non-hydrogen) atoms. The van der Waals surface area contributed by atoms with E-state index in [2.05, 4.69) is 17.3 Å². The molecule has 4 rings (SSSR count). The molecule has 1 saturated heterocycles. The smallest absolute Gasteiger partial charge is 0.274 e. The number of aryl methyl sites for hydroxylation is 1. The number of amides is 1. The first kappa shape index (κ1) is 16.6. The molecule has 0 radical (unpaired) electrons. The van der Waals surface area contributed by atoms with Gasteiger partial charge in [0.15, 0.2) is 0 Å². The summed E-state index contributed by atoms with van der Waals surface area (Å²) in [5, 5.41) is 4.08. The van der Waals surface area contributed by atoms with Crippen molar-refractivity contribution in [1.82, 2.24) is 14.7 Å². The van der Waals surface area contributed by atoms with Crippen molar-refractivity contribution >= 4 is 12.0 Å². The van der Waals surface area contributed by atoms with Crippen molar-refractivity contribution in [1.29, 1.82) is 0 Å². The van der Waals surface area contributed by atoms with E-state index in [1.807, 2.05) is 24.3 Å². The van der Waals surface area contributed by atoms with Gasteiger partial charge in [0, 0.05) is 38.2 Å². The minimum atomic E-state index is -0.361. The maximum atomic E-state index is 12.8. The summed E-state index contributed by atoms with van der Waals surface area (Å²) >= 11 is 0. The van der Waals surface area contributed by atoms with Crippen LogP contribution in [-0.4, -0.2) is 39.3 Å². The zero-order chi connectivity index (χ0) is 18.1. The van der Waals surface area contributed by atoms with Gasteiger partial charge < -0.3 is 9.64 Å². The fraction of sp³-hybridized carbons (Fsp3) is 0.350. The molecule has 1 spiro atoms. The van der Waals surface area contributed by atoms with Crippen LogP contribution in [0.4, 0.5) is 0 Å². The lowest BCUT2D eigenvalue weighted by atomic mass is 9.91. The van der Waals surface area contributed by atoms with Gasteiger partial charge in [-0.3, -0.25) is 9.59 Å². The Bertz CT molecular complexity index is 934. The second kappa shape index (κ2) is 6.44. The third-order valence-corrected chi connectivity index (χ3v) is 5.10. The Morgan fingerprint density at radius 3 is 2.85 bits per heavy atom. The number of aromatic nitrogens is 2. The predicted molar refractivity (Wildman–Crippen MR) is 98.1 cm³/mol. The van der Waals surface area contributed by atoms with Crippen LogP contribution in [0.2, 0.25) is 0 Å². The van der Waals surface area contributed by atoms with Gasteiger partial charge in [-0.15, -0.1) is 0 Å². The van der Waals surface area contributed by atoms with Gasteiger partial charge in [-0.1, -0.05) is 24.3 Å². The minimum Gasteiger partial charge on any atom is -0.483 e. The number of ether oxygens (including phenoxy) is 1. The summed E-state index contributed by atoms with van der Waals surface area (Å²) in [4.78, 5) is 26.1. The van der Waals surface area contributed by atoms with Gasteiger partial charge >= 0.3 is 0 Å². The molecule has 6 nitrogen and oxygen atoms in total. The number of fused-ring (bicyclic) bond motifs is 1. The Labute approximate surface area is 151 Å². The van der Waals surface area contributed by atoms with E-state index >= 15 is 0 Å². The number of para-hydroxylation sites is 1. The highest BCUT2D eigenvalue weighted by molar-refractivity contribution is 5.92. The third kappa shape index (κ3) is 3.03. The molecule has 0 bridgehead atoms. The number of benzene rings is 1. The SMILES string of the molecule is Cn1nc(C(=O)N2CCC[C@@]3(C=Cc4ccccc4O3)CC2)ccc1=O. The largest absolute Gasteiger partial charge is 0.483 e. The van der Waals surface area contributed by atoms with E-state index < -0.39 is 0 Å². The Kier molecular flexibility index (Phi) is 4.11. The van der Waals surface area contributed by atoms with Crippen LogP contribution >= 0.6 is 0 Å². The molecule has 3 heterocycles. The number of likely N-dealkylation sites (tertiary alicyclic amines) is 1. The Morgan fingerprint density at radius 2 is 2.00 bits per heavy atom. The lowest BCUT2D eigenvalue weighted by molar-refractivity contribution is 0.0722. The number of nitrogens with zero attached hydrogens (tertiary/aromatic N) is 3. The number of hydrogen-bond acceptors (Lipinski definition) is 4. The molecule has 0 unspecified atom stereocenters. The number of carbonyl (C=O) groups excluding carboxylic acids is 1. The summed E-state index contributed by atoms with van der Waals surface area (Å²) in [6.07, 6.45) is 6.69. The molecule has 1 fully saturated rings. The molecule has 2 aliphatic heterocycles. The van der Waals surface area contributed by atoms with Gasteiger partial charge in [0.2, 0.25) is 0 Å². The van der Waals surface area contributed by atoms with E-state index in [-0.39, 0.29) is 17.1 Å². The molecule has 1 aromatic heterocycles. The molecule has 1 atom stereocenters. The zero-order valence-corrected chi connectivity index (χ0v) is 14.7. The second-order valence-corrected chi connectivity index (χ2v) is 6.86. The van der Waals surface area contributed by atoms with Gasteiger partial charge in [0.25, 0.3) is 11.5 Å². The lowest BCUT2D eigenvalue weighted by Gasteiger charge is -2.34. The molecule has 6 heteroatoms. The molecule has 0 saturated carbocycles. The van der Waals surface area contributed by atoms with Crippen molar-refractivity contribution in [2.75, 3.05) is 13.1 Å². The van der Waals surface area contributed by atoms with Crippen LogP contribution in [0.5, 0.6) is 5.75 Å². The summed E-state index contributed by atoms with van der Waals surface area (Å²) in [6.45, 7) is 1.25. The first-order valence-electron chi connectivity index (χ1n) is 8.87.